The van der Waals surface area contributed by atoms with Gasteiger partial charge in [-0.25, -0.2) is 5.57 Å². The maximum absolute atomic E-state index is 8.50. The van der Waals surface area contributed by atoms with Crippen molar-refractivity contribution in [3.05, 3.63) is 256 Å². The molecule has 0 spiro atoms. The van der Waals surface area contributed by atoms with Gasteiger partial charge in [-0.05, 0) is 85.7 Å². The molecule has 2 aliphatic carbocycles. The Balaban J connectivity index is 0.000000151. The van der Waals surface area contributed by atoms with Crippen LogP contribution in [0.3, 0.4) is 0 Å². The number of hydrogen-bond acceptors (Lipinski definition) is 1. The Kier molecular flexibility index (Phi) is 17.5. The van der Waals surface area contributed by atoms with Crippen LogP contribution in [0, 0.1) is 55.4 Å². The molecule has 0 aromatic heterocycles. The molecule has 7 aromatic carbocycles. The van der Waals surface area contributed by atoms with Crippen molar-refractivity contribution in [3.63, 3.8) is 0 Å². The van der Waals surface area contributed by atoms with Gasteiger partial charge in [0.1, 0.15) is 0 Å². The Hall–Kier alpha value is -4.75. The molecule has 0 N–H and O–H groups in total. The summed E-state index contributed by atoms with van der Waals surface area (Å²) in [6.45, 7) is 0. The summed E-state index contributed by atoms with van der Waals surface area (Å²) in [4.78, 5) is 0. The second-order valence-electron chi connectivity index (χ2n) is 12.1. The maximum atomic E-state index is 8.50. The molecule has 1 atom stereocenters. The molecular weight excluding hydrogens is 790 g/mol. The molecule has 0 heterocycles. The smallest absolute Gasteiger partial charge is 0.252 e. The molecule has 0 aliphatic heterocycles. The molecule has 0 amide bonds. The Labute approximate surface area is 344 Å². The van der Waals surface area contributed by atoms with Crippen molar-refractivity contribution in [1.82, 2.24) is 0 Å². The van der Waals surface area contributed by atoms with E-state index in [0.29, 0.717) is 0 Å². The minimum atomic E-state index is -0.446. The van der Waals surface area contributed by atoms with E-state index in [1.807, 2.05) is 62.4 Å². The van der Waals surface area contributed by atoms with Crippen molar-refractivity contribution in [2.75, 3.05) is 0 Å². The summed E-state index contributed by atoms with van der Waals surface area (Å²) in [5.41, 5.74) is 2.17. The molecular formula is C51H41NP2Ru. The van der Waals surface area contributed by atoms with E-state index in [4.69, 9.17) is 5.26 Å². The van der Waals surface area contributed by atoms with Crippen LogP contribution >= 0.6 is 15.8 Å². The molecule has 1 unspecified atom stereocenters. The first-order chi connectivity index (χ1) is 26.8. The molecule has 1 saturated carbocycles. The fourth-order valence-electron chi connectivity index (χ4n) is 5.76. The molecule has 1 fully saturated rings. The second kappa shape index (κ2) is 23.2. The van der Waals surface area contributed by atoms with E-state index in [-0.39, 0.29) is 25.4 Å². The third kappa shape index (κ3) is 12.9. The van der Waals surface area contributed by atoms with Crippen LogP contribution in [0.25, 0.3) is 5.57 Å². The Morgan fingerprint density at radius 3 is 0.764 bits per heavy atom. The predicted molar refractivity (Wildman–Crippen MR) is 234 cm³/mol. The van der Waals surface area contributed by atoms with Gasteiger partial charge < -0.3 is 0 Å². The van der Waals surface area contributed by atoms with Crippen molar-refractivity contribution in [2.45, 2.75) is 0 Å². The molecule has 268 valence electrons. The van der Waals surface area contributed by atoms with Crippen molar-refractivity contribution in [1.29, 1.82) is 5.26 Å². The fraction of sp³-hybridized carbons (Fsp3) is 0.0196. The van der Waals surface area contributed by atoms with Crippen LogP contribution in [0.1, 0.15) is 5.56 Å². The molecule has 55 heavy (non-hydrogen) atoms. The van der Waals surface area contributed by atoms with E-state index in [2.05, 4.69) is 194 Å². The van der Waals surface area contributed by atoms with Crippen LogP contribution in [0.2, 0.25) is 0 Å². The Morgan fingerprint density at radius 2 is 0.564 bits per heavy atom. The Bertz CT molecular complexity index is 1820. The van der Waals surface area contributed by atoms with Gasteiger partial charge in [-0.15, -0.1) is 12.1 Å². The number of rotatable bonds is 7. The molecule has 7 aromatic rings. The van der Waals surface area contributed by atoms with E-state index in [9.17, 15) is 0 Å². The number of hydrogen-bond donors (Lipinski definition) is 0. The quantitative estimate of drug-likeness (QED) is 0.0892. The summed E-state index contributed by atoms with van der Waals surface area (Å²) < 4.78 is 0. The molecule has 2 aliphatic rings. The van der Waals surface area contributed by atoms with Crippen LogP contribution in [-0.2, 0) is 19.5 Å². The first kappa shape index (κ1) is 41.4. The van der Waals surface area contributed by atoms with E-state index in [1.165, 1.54) is 31.8 Å². The molecule has 1 nitrogen and oxygen atoms in total. The number of nitriles is 1. The summed E-state index contributed by atoms with van der Waals surface area (Å²) in [6.07, 6.45) is 13.0. The normalized spacial score (nSPS) is 13.5. The van der Waals surface area contributed by atoms with Gasteiger partial charge in [0.2, 0.25) is 0 Å². The summed E-state index contributed by atoms with van der Waals surface area (Å²) >= 11 is 0. The van der Waals surface area contributed by atoms with Crippen LogP contribution < -0.4 is 31.8 Å². The van der Waals surface area contributed by atoms with Gasteiger partial charge >= 0.3 is 19.5 Å². The van der Waals surface area contributed by atoms with Gasteiger partial charge in [0.25, 0.3) is 0 Å². The first-order valence-corrected chi connectivity index (χ1v) is 20.7. The van der Waals surface area contributed by atoms with Gasteiger partial charge in [0.15, 0.2) is 0 Å². The van der Waals surface area contributed by atoms with Gasteiger partial charge in [-0.1, -0.05) is 200 Å². The minimum Gasteiger partial charge on any atom is -0.252 e. The predicted octanol–water partition coefficient (Wildman–Crippen LogP) is 9.94. The van der Waals surface area contributed by atoms with Crippen molar-refractivity contribution >= 4 is 53.2 Å². The third-order valence-electron chi connectivity index (χ3n) is 8.36. The molecule has 4 heteroatoms. The topological polar surface area (TPSA) is 23.8 Å². The monoisotopic (exact) mass is 831 g/mol. The van der Waals surface area contributed by atoms with E-state index in [1.54, 1.807) is 0 Å². The van der Waals surface area contributed by atoms with Crippen LogP contribution in [-0.4, -0.2) is 0 Å². The zero-order chi connectivity index (χ0) is 37.0. The average molecular weight is 831 g/mol. The zero-order valence-corrected chi connectivity index (χ0v) is 33.9. The summed E-state index contributed by atoms with van der Waals surface area (Å²) in [6, 6.07) is 76.7. The van der Waals surface area contributed by atoms with Crippen molar-refractivity contribution in [2.24, 2.45) is 5.92 Å². The Morgan fingerprint density at radius 1 is 0.345 bits per heavy atom. The van der Waals surface area contributed by atoms with Crippen LogP contribution in [0.4, 0.5) is 0 Å². The second-order valence-corrected chi connectivity index (χ2v) is 16.6. The standard InChI is InChI=1S/2C18H15P.C10H6N.C5H5.Ru/c2*1-4-10-16(11-5-1)19(17-12-6-2-7-13-17)18-14-8-3-9-15-18;11-7-9-6-10(9)8-4-2-1-3-5-8;1-2-4-5-3-1;/h2*1-15H;1-5,9H;1-5H;/q;;-1;;+1. The van der Waals surface area contributed by atoms with Crippen LogP contribution in [0.15, 0.2) is 212 Å². The molecule has 6 radical (unpaired) electrons. The van der Waals surface area contributed by atoms with Gasteiger partial charge in [-0.2, -0.15) is 10.8 Å². The van der Waals surface area contributed by atoms with Crippen molar-refractivity contribution in [3.8, 4) is 6.07 Å². The fourth-order valence-corrected chi connectivity index (χ4v) is 10.4. The summed E-state index contributed by atoms with van der Waals surface area (Å²) in [7, 11) is -0.892. The van der Waals surface area contributed by atoms with Crippen LogP contribution in [0.5, 0.6) is 0 Å². The van der Waals surface area contributed by atoms with Crippen molar-refractivity contribution < 1.29 is 19.5 Å². The van der Waals surface area contributed by atoms with E-state index < -0.39 is 15.8 Å². The summed E-state index contributed by atoms with van der Waals surface area (Å²) in [5.74, 6) is -0.0441. The third-order valence-corrected chi connectivity index (χ3v) is 13.2. The van der Waals surface area contributed by atoms with E-state index >= 15 is 0 Å². The van der Waals surface area contributed by atoms with Gasteiger partial charge in [-0.3, -0.25) is 6.08 Å². The largest absolute Gasteiger partial charge is 1.00 e. The molecule has 0 saturated heterocycles. The average Bonchev–Trinajstić information content (AvgIpc) is 3.80. The van der Waals surface area contributed by atoms with Gasteiger partial charge in [0.05, 0.1) is 6.07 Å². The first-order valence-electron chi connectivity index (χ1n) is 18.0. The zero-order valence-electron chi connectivity index (χ0n) is 30.4. The van der Waals surface area contributed by atoms with E-state index in [0.717, 1.165) is 11.1 Å². The number of benzene rings is 7. The SMILES string of the molecule is N#CC1[C-]=C1c1ccccc1.[CH]1[CH][CH][CH][CH]1.[Ru+].c1ccc(P(c2ccccc2)c2ccccc2)cc1.c1ccc(P(c2ccccc2)c2ccccc2)cc1. The summed E-state index contributed by atoms with van der Waals surface area (Å²) in [5, 5.41) is 16.9. The molecule has 0 bridgehead atoms. The van der Waals surface area contributed by atoms with Gasteiger partial charge in [0, 0.05) is 0 Å². The molecule has 9 rings (SSSR count). The maximum Gasteiger partial charge on any atom is 1.00 e. The number of nitrogens with zero attached hydrogens (tertiary/aromatic N) is 1. The minimum absolute atomic E-state index is 0. The number of allylic oxidation sites excluding steroid dienone is 2.